The van der Waals surface area contributed by atoms with Gasteiger partial charge >= 0.3 is 0 Å². The van der Waals surface area contributed by atoms with Gasteiger partial charge < -0.3 is 10.2 Å². The topological polar surface area (TPSA) is 15.3 Å². The molecular formula is C58H56N2. The van der Waals surface area contributed by atoms with Crippen molar-refractivity contribution in [2.75, 3.05) is 26.0 Å². The first-order valence-electron chi connectivity index (χ1n) is 20.6. The van der Waals surface area contributed by atoms with E-state index in [0.717, 1.165) is 12.1 Å². The van der Waals surface area contributed by atoms with Crippen molar-refractivity contribution in [3.8, 4) is 22.3 Å². The molecule has 1 N–H and O–H groups in total. The highest BCUT2D eigenvalue weighted by Gasteiger charge is 2.26. The van der Waals surface area contributed by atoms with Crippen LogP contribution in [0.1, 0.15) is 19.4 Å². The molecule has 0 bridgehead atoms. The zero-order chi connectivity index (χ0) is 42.8. The van der Waals surface area contributed by atoms with Crippen LogP contribution in [0, 0.1) is 0 Å². The van der Waals surface area contributed by atoms with Gasteiger partial charge in [0.1, 0.15) is 0 Å². The number of rotatable bonds is 6. The predicted molar refractivity (Wildman–Crippen MR) is 270 cm³/mol. The number of nitrogens with zero attached hydrogens (tertiary/aromatic N) is 1. The van der Waals surface area contributed by atoms with Crippen LogP contribution in [-0.4, -0.2) is 21.1 Å². The third-order valence-electron chi connectivity index (χ3n) is 11.0. The van der Waals surface area contributed by atoms with E-state index in [4.69, 9.17) is 0 Å². The summed E-state index contributed by atoms with van der Waals surface area (Å²) in [6.45, 7) is 20.5. The Morgan fingerprint density at radius 3 is 1.42 bits per heavy atom. The molecule has 0 saturated heterocycles. The first-order chi connectivity index (χ1) is 29.3. The SMILES string of the molecule is C=C.C=C(C)NC.C=CC=C.CCc1c2c3cccc4cccc(c2c(-c2ccccc2)c2c5cccc6c(-c7ccccc7)ccc(c12)c65)c43.CN(C)c1ccccc1. The highest BCUT2D eigenvalue weighted by Crippen LogP contribution is 2.53. The van der Waals surface area contributed by atoms with Gasteiger partial charge in [0.05, 0.1) is 0 Å². The van der Waals surface area contributed by atoms with Crippen LogP contribution in [0.15, 0.2) is 208 Å². The maximum absolute atomic E-state index is 3.56. The minimum Gasteiger partial charge on any atom is -0.392 e. The minimum absolute atomic E-state index is 0.986. The van der Waals surface area contributed by atoms with E-state index in [1.807, 2.05) is 46.3 Å². The van der Waals surface area contributed by atoms with E-state index >= 15 is 0 Å². The van der Waals surface area contributed by atoms with Crippen molar-refractivity contribution in [1.82, 2.24) is 5.32 Å². The Hall–Kier alpha value is -7.16. The summed E-state index contributed by atoms with van der Waals surface area (Å²) >= 11 is 0. The number of para-hydroxylation sites is 1. The fourth-order valence-electron chi connectivity index (χ4n) is 8.36. The molecule has 0 spiro atoms. The lowest BCUT2D eigenvalue weighted by atomic mass is 9.89. The van der Waals surface area contributed by atoms with Crippen LogP contribution in [0.2, 0.25) is 0 Å². The molecule has 0 aliphatic carbocycles. The first-order valence-corrected chi connectivity index (χ1v) is 20.6. The largest absolute Gasteiger partial charge is 0.392 e. The zero-order valence-electron chi connectivity index (χ0n) is 35.9. The van der Waals surface area contributed by atoms with Gasteiger partial charge in [0.2, 0.25) is 0 Å². The molecule has 0 aliphatic rings. The predicted octanol–water partition coefficient (Wildman–Crippen LogP) is 16.0. The Morgan fingerprint density at radius 2 is 0.950 bits per heavy atom. The van der Waals surface area contributed by atoms with Crippen molar-refractivity contribution in [2.45, 2.75) is 20.3 Å². The van der Waals surface area contributed by atoms with Gasteiger partial charge in [-0.05, 0) is 124 Å². The Bertz CT molecular complexity index is 2980. The smallest absolute Gasteiger partial charge is 0.0360 e. The van der Waals surface area contributed by atoms with Crippen molar-refractivity contribution in [3.05, 3.63) is 214 Å². The molecule has 0 aliphatic heterocycles. The van der Waals surface area contributed by atoms with Crippen LogP contribution in [0.5, 0.6) is 0 Å². The van der Waals surface area contributed by atoms with Gasteiger partial charge in [-0.2, -0.15) is 0 Å². The number of fused-ring (bicyclic) bond motifs is 6. The van der Waals surface area contributed by atoms with E-state index in [0.29, 0.717) is 0 Å². The molecule has 0 saturated carbocycles. The molecule has 10 aromatic rings. The van der Waals surface area contributed by atoms with Crippen molar-refractivity contribution in [3.63, 3.8) is 0 Å². The summed E-state index contributed by atoms with van der Waals surface area (Å²) in [7, 11) is 5.92. The van der Waals surface area contributed by atoms with Gasteiger partial charge in [-0.3, -0.25) is 0 Å². The van der Waals surface area contributed by atoms with Crippen LogP contribution in [0.25, 0.3) is 86.9 Å². The maximum Gasteiger partial charge on any atom is 0.0360 e. The molecule has 298 valence electrons. The number of hydrogen-bond donors (Lipinski definition) is 1. The van der Waals surface area contributed by atoms with E-state index in [9.17, 15) is 0 Å². The summed E-state index contributed by atoms with van der Waals surface area (Å²) in [6, 6.07) is 57.5. The lowest BCUT2D eigenvalue weighted by molar-refractivity contribution is 0.999. The number of nitrogens with one attached hydrogen (secondary N) is 1. The highest BCUT2D eigenvalue weighted by atomic mass is 15.1. The van der Waals surface area contributed by atoms with Crippen molar-refractivity contribution in [1.29, 1.82) is 0 Å². The fourth-order valence-corrected chi connectivity index (χ4v) is 8.36. The average Bonchev–Trinajstić information content (AvgIpc) is 3.82. The van der Waals surface area contributed by atoms with Crippen LogP contribution < -0.4 is 10.2 Å². The molecule has 2 nitrogen and oxygen atoms in total. The molecule has 10 rings (SSSR count). The Labute approximate surface area is 356 Å². The number of anilines is 1. The van der Waals surface area contributed by atoms with E-state index in [1.165, 1.54) is 98.1 Å². The van der Waals surface area contributed by atoms with Gasteiger partial charge in [-0.1, -0.05) is 184 Å². The Kier molecular flexibility index (Phi) is 13.8. The molecular weight excluding hydrogens is 725 g/mol. The van der Waals surface area contributed by atoms with Crippen molar-refractivity contribution >= 4 is 70.3 Å². The second-order valence-corrected chi connectivity index (χ2v) is 14.8. The summed E-state index contributed by atoms with van der Waals surface area (Å²) in [5.74, 6) is 0. The number of hydrogen-bond acceptors (Lipinski definition) is 2. The molecule has 0 amide bonds. The molecule has 0 fully saturated rings. The zero-order valence-corrected chi connectivity index (χ0v) is 35.9. The molecule has 2 heteroatoms. The Morgan fingerprint density at radius 1 is 0.517 bits per heavy atom. The second-order valence-electron chi connectivity index (χ2n) is 14.8. The maximum atomic E-state index is 3.56. The number of aryl methyl sites for hydroxylation is 1. The third-order valence-corrected chi connectivity index (χ3v) is 11.0. The van der Waals surface area contributed by atoms with E-state index in [-0.39, 0.29) is 0 Å². The molecule has 0 heterocycles. The summed E-state index contributed by atoms with van der Waals surface area (Å²) in [5, 5.41) is 19.4. The standard InChI is InChI=1S/C40H26.C8H11N.C4H9N.C4H6.C2H4/c1-2-27-37-30-19-9-16-25-17-10-20-31(34(25)30)39(37)35(26-14-7-4-8-15-26)40-32-21-11-18-29-28(24-12-5-3-6-13-24)22-23-33(36(29)32)38(27)40;1-9(2)8-6-4-3-5-7-8;1-4(2)5-3;1-3-4-2;1-2/h3-23H,2H2,1H3;3-7H,1-2H3;5H,1H2,2-3H3;3-4H,1-2H2;1-2H2. The molecule has 60 heavy (non-hydrogen) atoms. The summed E-state index contributed by atoms with van der Waals surface area (Å²) in [6.07, 6.45) is 4.26. The lowest BCUT2D eigenvalue weighted by Crippen LogP contribution is -2.07. The van der Waals surface area contributed by atoms with E-state index < -0.39 is 0 Å². The third kappa shape index (κ3) is 8.10. The van der Waals surface area contributed by atoms with Crippen LogP contribution in [-0.2, 0) is 6.42 Å². The summed E-state index contributed by atoms with van der Waals surface area (Å²) in [4.78, 5) is 2.08. The van der Waals surface area contributed by atoms with Crippen LogP contribution >= 0.6 is 0 Å². The summed E-state index contributed by atoms with van der Waals surface area (Å²) in [5.41, 5.74) is 8.95. The molecule has 0 atom stereocenters. The normalized spacial score (nSPS) is 10.5. The van der Waals surface area contributed by atoms with Gasteiger partial charge in [-0.15, -0.1) is 13.2 Å². The molecule has 10 aromatic carbocycles. The lowest BCUT2D eigenvalue weighted by Gasteiger charge is -2.14. The van der Waals surface area contributed by atoms with Crippen LogP contribution in [0.4, 0.5) is 5.69 Å². The average molecular weight is 781 g/mol. The Balaban J connectivity index is 0.000000253. The molecule has 0 aromatic heterocycles. The second kappa shape index (κ2) is 19.5. The summed E-state index contributed by atoms with van der Waals surface area (Å²) < 4.78 is 0. The van der Waals surface area contributed by atoms with E-state index in [1.54, 1.807) is 12.2 Å². The number of benzene rings is 8. The van der Waals surface area contributed by atoms with Gasteiger partial charge in [0, 0.05) is 26.8 Å². The van der Waals surface area contributed by atoms with Gasteiger partial charge in [0.25, 0.3) is 0 Å². The van der Waals surface area contributed by atoms with Gasteiger partial charge in [-0.25, -0.2) is 0 Å². The highest BCUT2D eigenvalue weighted by molar-refractivity contribution is 6.43. The monoisotopic (exact) mass is 780 g/mol. The van der Waals surface area contributed by atoms with E-state index in [2.05, 4.69) is 190 Å². The first kappa shape index (κ1) is 42.4. The van der Waals surface area contributed by atoms with Crippen molar-refractivity contribution in [2.24, 2.45) is 0 Å². The quantitative estimate of drug-likeness (QED) is 0.134. The molecule has 0 radical (unpaired) electrons. The van der Waals surface area contributed by atoms with Gasteiger partial charge in [0.15, 0.2) is 0 Å². The fraction of sp³-hybridized carbons (Fsp3) is 0.103. The van der Waals surface area contributed by atoms with Crippen molar-refractivity contribution < 1.29 is 0 Å². The van der Waals surface area contributed by atoms with Crippen LogP contribution in [0.3, 0.4) is 0 Å². The number of allylic oxidation sites excluding steroid dienone is 3. The molecule has 0 unspecified atom stereocenters. The minimum atomic E-state index is 0.986.